The molecule has 122 valence electrons. The third-order valence-electron chi connectivity index (χ3n) is 4.15. The van der Waals surface area contributed by atoms with E-state index in [0.29, 0.717) is 19.6 Å². The Morgan fingerprint density at radius 1 is 1.14 bits per heavy atom. The van der Waals surface area contributed by atoms with Crippen molar-refractivity contribution in [2.45, 2.75) is 27.2 Å². The summed E-state index contributed by atoms with van der Waals surface area (Å²) in [6, 6.07) is 0. The van der Waals surface area contributed by atoms with Crippen LogP contribution in [0.25, 0.3) is 0 Å². The normalized spacial score (nSPS) is 18.2. The minimum Gasteiger partial charge on any atom is -0.342 e. The van der Waals surface area contributed by atoms with Crippen molar-refractivity contribution in [3.8, 4) is 0 Å². The van der Waals surface area contributed by atoms with E-state index in [1.165, 1.54) is 0 Å². The molecule has 2 amide bonds. The Balaban J connectivity index is 2.49. The Morgan fingerprint density at radius 3 is 2.38 bits per heavy atom. The van der Waals surface area contributed by atoms with E-state index in [0.717, 1.165) is 39.1 Å². The van der Waals surface area contributed by atoms with Crippen LogP contribution in [0, 0.1) is 5.92 Å². The molecule has 1 aliphatic heterocycles. The molecule has 6 heteroatoms. The molecule has 6 nitrogen and oxygen atoms in total. The van der Waals surface area contributed by atoms with Gasteiger partial charge in [-0.3, -0.25) is 14.5 Å². The SMILES string of the molecule is CCN(CC)C(=O)CN1CCCN(C(=O)C(C)CN)CC1. The predicted octanol–water partition coefficient (Wildman–Crippen LogP) is -0.0161. The van der Waals surface area contributed by atoms with E-state index >= 15 is 0 Å². The summed E-state index contributed by atoms with van der Waals surface area (Å²) in [6.07, 6.45) is 0.911. The fourth-order valence-electron chi connectivity index (χ4n) is 2.63. The summed E-state index contributed by atoms with van der Waals surface area (Å²) in [5.74, 6) is 0.193. The van der Waals surface area contributed by atoms with Gasteiger partial charge >= 0.3 is 0 Å². The van der Waals surface area contributed by atoms with Gasteiger partial charge in [0.1, 0.15) is 0 Å². The lowest BCUT2D eigenvalue weighted by Gasteiger charge is -2.25. The van der Waals surface area contributed by atoms with E-state index < -0.39 is 0 Å². The fraction of sp³-hybridized carbons (Fsp3) is 0.867. The van der Waals surface area contributed by atoms with E-state index in [2.05, 4.69) is 4.90 Å². The highest BCUT2D eigenvalue weighted by Gasteiger charge is 2.23. The van der Waals surface area contributed by atoms with Crippen LogP contribution >= 0.6 is 0 Å². The molecule has 1 atom stereocenters. The number of hydrogen-bond donors (Lipinski definition) is 1. The van der Waals surface area contributed by atoms with Crippen LogP contribution in [0.15, 0.2) is 0 Å². The number of carbonyl (C=O) groups is 2. The van der Waals surface area contributed by atoms with Crippen molar-refractivity contribution < 1.29 is 9.59 Å². The molecule has 21 heavy (non-hydrogen) atoms. The van der Waals surface area contributed by atoms with E-state index in [9.17, 15) is 9.59 Å². The van der Waals surface area contributed by atoms with Gasteiger partial charge in [-0.2, -0.15) is 0 Å². The first kappa shape index (κ1) is 17.9. The molecule has 0 radical (unpaired) electrons. The summed E-state index contributed by atoms with van der Waals surface area (Å²) >= 11 is 0. The second-order valence-electron chi connectivity index (χ2n) is 5.66. The van der Waals surface area contributed by atoms with Gasteiger partial charge in [0.05, 0.1) is 6.54 Å². The molecular weight excluding hydrogens is 268 g/mol. The Hall–Kier alpha value is -1.14. The van der Waals surface area contributed by atoms with Gasteiger partial charge in [0.2, 0.25) is 11.8 Å². The molecule has 0 bridgehead atoms. The zero-order valence-electron chi connectivity index (χ0n) is 13.7. The first-order valence-corrected chi connectivity index (χ1v) is 8.02. The first-order chi connectivity index (χ1) is 10.0. The van der Waals surface area contributed by atoms with Gasteiger partial charge in [-0.15, -0.1) is 0 Å². The number of nitrogens with two attached hydrogens (primary N) is 1. The number of amides is 2. The number of carbonyl (C=O) groups excluding carboxylic acids is 2. The predicted molar refractivity (Wildman–Crippen MR) is 83.8 cm³/mol. The van der Waals surface area contributed by atoms with Crippen molar-refractivity contribution in [1.82, 2.24) is 14.7 Å². The molecule has 1 fully saturated rings. The summed E-state index contributed by atoms with van der Waals surface area (Å²) in [6.45, 7) is 11.3. The second kappa shape index (κ2) is 9.00. The van der Waals surface area contributed by atoms with Crippen molar-refractivity contribution >= 4 is 11.8 Å². The Bertz CT molecular complexity index is 345. The van der Waals surface area contributed by atoms with E-state index in [4.69, 9.17) is 5.73 Å². The molecule has 0 aromatic carbocycles. The third-order valence-corrected chi connectivity index (χ3v) is 4.15. The molecule has 0 spiro atoms. The van der Waals surface area contributed by atoms with Crippen LogP contribution in [0.5, 0.6) is 0 Å². The summed E-state index contributed by atoms with van der Waals surface area (Å²) in [5.41, 5.74) is 5.57. The average molecular weight is 298 g/mol. The third kappa shape index (κ3) is 5.28. The quantitative estimate of drug-likeness (QED) is 0.748. The molecule has 1 unspecified atom stereocenters. The topological polar surface area (TPSA) is 69.9 Å². The maximum absolute atomic E-state index is 12.2. The van der Waals surface area contributed by atoms with Gasteiger partial charge in [0.25, 0.3) is 0 Å². The van der Waals surface area contributed by atoms with Crippen LogP contribution in [0.4, 0.5) is 0 Å². The summed E-state index contributed by atoms with van der Waals surface area (Å²) in [7, 11) is 0. The van der Waals surface area contributed by atoms with Crippen molar-refractivity contribution in [3.63, 3.8) is 0 Å². The van der Waals surface area contributed by atoms with E-state index in [-0.39, 0.29) is 17.7 Å². The molecule has 1 heterocycles. The summed E-state index contributed by atoms with van der Waals surface area (Å²) < 4.78 is 0. The second-order valence-corrected chi connectivity index (χ2v) is 5.66. The van der Waals surface area contributed by atoms with Gasteiger partial charge in [0, 0.05) is 51.7 Å². The van der Waals surface area contributed by atoms with Gasteiger partial charge in [-0.25, -0.2) is 0 Å². The minimum atomic E-state index is -0.117. The van der Waals surface area contributed by atoms with Crippen molar-refractivity contribution in [1.29, 1.82) is 0 Å². The largest absolute Gasteiger partial charge is 0.342 e. The van der Waals surface area contributed by atoms with Crippen LogP contribution in [0.1, 0.15) is 27.2 Å². The minimum absolute atomic E-state index is 0.117. The lowest BCUT2D eigenvalue weighted by Crippen LogP contribution is -2.43. The molecule has 0 aliphatic carbocycles. The highest BCUT2D eigenvalue weighted by Crippen LogP contribution is 2.08. The van der Waals surface area contributed by atoms with E-state index in [1.54, 1.807) is 0 Å². The molecule has 0 aromatic heterocycles. The maximum Gasteiger partial charge on any atom is 0.236 e. The number of nitrogens with zero attached hydrogens (tertiary/aromatic N) is 3. The molecule has 2 N–H and O–H groups in total. The van der Waals surface area contributed by atoms with Gasteiger partial charge in [0.15, 0.2) is 0 Å². The van der Waals surface area contributed by atoms with Gasteiger partial charge in [-0.05, 0) is 20.3 Å². The highest BCUT2D eigenvalue weighted by atomic mass is 16.2. The zero-order chi connectivity index (χ0) is 15.8. The number of likely N-dealkylation sites (N-methyl/N-ethyl adjacent to an activating group) is 1. The van der Waals surface area contributed by atoms with Gasteiger partial charge in [-0.1, -0.05) is 6.92 Å². The fourth-order valence-corrected chi connectivity index (χ4v) is 2.63. The van der Waals surface area contributed by atoms with Crippen molar-refractivity contribution in [2.75, 3.05) is 52.4 Å². The molecule has 0 aromatic rings. The summed E-state index contributed by atoms with van der Waals surface area (Å²) in [5, 5.41) is 0. The summed E-state index contributed by atoms with van der Waals surface area (Å²) in [4.78, 5) is 30.2. The van der Waals surface area contributed by atoms with Crippen LogP contribution in [-0.2, 0) is 9.59 Å². The Kier molecular flexibility index (Phi) is 7.67. The van der Waals surface area contributed by atoms with Crippen LogP contribution in [-0.4, -0.2) is 78.9 Å². The lowest BCUT2D eigenvalue weighted by atomic mass is 10.1. The molecular formula is C15H30N4O2. The van der Waals surface area contributed by atoms with Crippen molar-refractivity contribution in [2.24, 2.45) is 11.7 Å². The average Bonchev–Trinajstić information content (AvgIpc) is 2.72. The maximum atomic E-state index is 12.2. The zero-order valence-corrected chi connectivity index (χ0v) is 13.7. The standard InChI is InChI=1S/C15H30N4O2/c1-4-18(5-2)14(20)12-17-7-6-8-19(10-9-17)15(21)13(3)11-16/h13H,4-12,16H2,1-3H3. The molecule has 1 aliphatic rings. The van der Waals surface area contributed by atoms with Crippen LogP contribution in [0.2, 0.25) is 0 Å². The van der Waals surface area contributed by atoms with Crippen LogP contribution < -0.4 is 5.73 Å². The Labute approximate surface area is 128 Å². The van der Waals surface area contributed by atoms with Gasteiger partial charge < -0.3 is 15.5 Å². The molecule has 0 saturated carbocycles. The molecule has 1 rings (SSSR count). The smallest absolute Gasteiger partial charge is 0.236 e. The van der Waals surface area contributed by atoms with E-state index in [1.807, 2.05) is 30.6 Å². The monoisotopic (exact) mass is 298 g/mol. The molecule has 1 saturated heterocycles. The highest BCUT2D eigenvalue weighted by molar-refractivity contribution is 5.79. The lowest BCUT2D eigenvalue weighted by molar-refractivity contribution is -0.134. The number of rotatable bonds is 6. The van der Waals surface area contributed by atoms with Crippen molar-refractivity contribution in [3.05, 3.63) is 0 Å². The number of hydrogen-bond acceptors (Lipinski definition) is 4. The van der Waals surface area contributed by atoms with Crippen LogP contribution in [0.3, 0.4) is 0 Å². The Morgan fingerprint density at radius 2 is 1.81 bits per heavy atom. The first-order valence-electron chi connectivity index (χ1n) is 8.02.